The molecule has 0 atom stereocenters. The lowest BCUT2D eigenvalue weighted by Gasteiger charge is -2.06. The molecule has 5 aromatic rings. The Morgan fingerprint density at radius 3 is 2.63 bits per heavy atom. The van der Waals surface area contributed by atoms with Crippen LogP contribution in [0.2, 0.25) is 5.15 Å². The van der Waals surface area contributed by atoms with Gasteiger partial charge in [-0.15, -0.1) is 5.10 Å². The molecule has 5 rings (SSSR count). The van der Waals surface area contributed by atoms with Crippen LogP contribution in [-0.2, 0) is 6.54 Å². The Bertz CT molecular complexity index is 1300. The summed E-state index contributed by atoms with van der Waals surface area (Å²) in [5, 5.41) is 17.9. The fourth-order valence-corrected chi connectivity index (χ4v) is 3.60. The van der Waals surface area contributed by atoms with Crippen LogP contribution in [0.3, 0.4) is 0 Å². The summed E-state index contributed by atoms with van der Waals surface area (Å²) >= 11 is 6.01. The van der Waals surface area contributed by atoms with Gasteiger partial charge in [0.1, 0.15) is 10.8 Å². The quantitative estimate of drug-likeness (QED) is 0.425. The SMILES string of the molecule is Cc1cc(NCc2cn(-c3ccc(-n4ncc5ccccc54)cc3)nn2)cc(Cl)n1. The van der Waals surface area contributed by atoms with Crippen molar-refractivity contribution in [2.24, 2.45) is 0 Å². The molecule has 0 radical (unpaired) electrons. The molecule has 0 aliphatic carbocycles. The van der Waals surface area contributed by atoms with E-state index in [1.165, 1.54) is 0 Å². The summed E-state index contributed by atoms with van der Waals surface area (Å²) in [5.74, 6) is 0. The minimum absolute atomic E-state index is 0.464. The van der Waals surface area contributed by atoms with Gasteiger partial charge >= 0.3 is 0 Å². The van der Waals surface area contributed by atoms with Crippen molar-refractivity contribution in [2.45, 2.75) is 13.5 Å². The molecule has 8 heteroatoms. The van der Waals surface area contributed by atoms with Gasteiger partial charge in [0.15, 0.2) is 0 Å². The molecule has 2 aromatic carbocycles. The van der Waals surface area contributed by atoms with Gasteiger partial charge in [-0.2, -0.15) is 5.10 Å². The number of halogens is 1. The molecule has 148 valence electrons. The van der Waals surface area contributed by atoms with Crippen molar-refractivity contribution in [3.63, 3.8) is 0 Å². The fraction of sp³-hybridized carbons (Fsp3) is 0.0909. The Labute approximate surface area is 177 Å². The number of anilines is 1. The van der Waals surface area contributed by atoms with E-state index in [9.17, 15) is 0 Å². The highest BCUT2D eigenvalue weighted by Gasteiger charge is 2.07. The smallest absolute Gasteiger partial charge is 0.131 e. The van der Waals surface area contributed by atoms with Crippen LogP contribution in [0.4, 0.5) is 5.69 Å². The summed E-state index contributed by atoms with van der Waals surface area (Å²) in [5.41, 5.74) is 5.58. The van der Waals surface area contributed by atoms with Crippen molar-refractivity contribution in [1.29, 1.82) is 0 Å². The standard InChI is InChI=1S/C22H18ClN7/c1-15-10-17(11-22(23)26-15)24-13-18-14-29(28-27-18)19-6-8-20(9-7-19)30-21-5-3-2-4-16(21)12-25-30/h2-12,14H,13H2,1H3,(H,24,26). The third kappa shape index (κ3) is 3.62. The second-order valence-corrected chi connectivity index (χ2v) is 7.35. The van der Waals surface area contributed by atoms with Crippen LogP contribution in [0.25, 0.3) is 22.3 Å². The molecule has 0 bridgehead atoms. The first-order chi connectivity index (χ1) is 14.7. The number of hydrogen-bond donors (Lipinski definition) is 1. The number of para-hydroxylation sites is 1. The Kier molecular flexibility index (Phi) is 4.65. The number of aromatic nitrogens is 6. The van der Waals surface area contributed by atoms with Gasteiger partial charge in [0, 0.05) is 16.8 Å². The van der Waals surface area contributed by atoms with Gasteiger partial charge in [0.25, 0.3) is 0 Å². The summed E-state index contributed by atoms with van der Waals surface area (Å²) < 4.78 is 3.68. The Morgan fingerprint density at radius 2 is 1.80 bits per heavy atom. The van der Waals surface area contributed by atoms with Crippen LogP contribution in [0.5, 0.6) is 0 Å². The summed E-state index contributed by atoms with van der Waals surface area (Å²) in [7, 11) is 0. The average Bonchev–Trinajstić information content (AvgIpc) is 3.39. The molecule has 0 aliphatic rings. The molecule has 0 saturated carbocycles. The molecule has 0 saturated heterocycles. The third-order valence-electron chi connectivity index (χ3n) is 4.77. The maximum Gasteiger partial charge on any atom is 0.131 e. The second kappa shape index (κ2) is 7.61. The van der Waals surface area contributed by atoms with Gasteiger partial charge in [0.05, 0.1) is 35.8 Å². The highest BCUT2D eigenvalue weighted by molar-refractivity contribution is 6.29. The molecular weight excluding hydrogens is 398 g/mol. The molecule has 30 heavy (non-hydrogen) atoms. The van der Waals surface area contributed by atoms with Gasteiger partial charge < -0.3 is 5.32 Å². The lowest BCUT2D eigenvalue weighted by Crippen LogP contribution is -2.01. The first-order valence-electron chi connectivity index (χ1n) is 9.48. The lowest BCUT2D eigenvalue weighted by molar-refractivity contribution is 0.797. The normalized spacial score (nSPS) is 11.1. The number of rotatable bonds is 5. The van der Waals surface area contributed by atoms with Gasteiger partial charge in [-0.1, -0.05) is 35.0 Å². The predicted molar refractivity (Wildman–Crippen MR) is 117 cm³/mol. The van der Waals surface area contributed by atoms with Crippen molar-refractivity contribution in [2.75, 3.05) is 5.32 Å². The molecular formula is C22H18ClN7. The van der Waals surface area contributed by atoms with Crippen molar-refractivity contribution >= 4 is 28.2 Å². The fourth-order valence-electron chi connectivity index (χ4n) is 3.35. The van der Waals surface area contributed by atoms with Gasteiger partial charge in [-0.05, 0) is 49.4 Å². The van der Waals surface area contributed by atoms with Crippen LogP contribution in [-0.4, -0.2) is 29.8 Å². The Hall–Kier alpha value is -3.71. The zero-order valence-electron chi connectivity index (χ0n) is 16.2. The number of hydrogen-bond acceptors (Lipinski definition) is 5. The van der Waals surface area contributed by atoms with Crippen molar-refractivity contribution in [3.05, 3.63) is 89.6 Å². The van der Waals surface area contributed by atoms with Gasteiger partial charge in [0.2, 0.25) is 0 Å². The number of pyridine rings is 1. The maximum atomic E-state index is 6.01. The van der Waals surface area contributed by atoms with Crippen molar-refractivity contribution in [3.8, 4) is 11.4 Å². The minimum atomic E-state index is 0.464. The van der Waals surface area contributed by atoms with Crippen molar-refractivity contribution in [1.82, 2.24) is 29.8 Å². The van der Waals surface area contributed by atoms with Crippen LogP contribution < -0.4 is 5.32 Å². The van der Waals surface area contributed by atoms with E-state index in [1.807, 2.05) is 66.5 Å². The van der Waals surface area contributed by atoms with E-state index in [2.05, 4.69) is 37.8 Å². The van der Waals surface area contributed by atoms with E-state index in [4.69, 9.17) is 11.6 Å². The van der Waals surface area contributed by atoms with E-state index in [1.54, 1.807) is 10.7 Å². The van der Waals surface area contributed by atoms with Crippen LogP contribution in [0.1, 0.15) is 11.4 Å². The average molecular weight is 416 g/mol. The van der Waals surface area contributed by atoms with Crippen LogP contribution in [0.15, 0.2) is 73.1 Å². The van der Waals surface area contributed by atoms with Gasteiger partial charge in [-0.25, -0.2) is 14.3 Å². The zero-order chi connectivity index (χ0) is 20.5. The summed E-state index contributed by atoms with van der Waals surface area (Å²) in [4.78, 5) is 4.16. The number of nitrogens with one attached hydrogen (secondary N) is 1. The number of benzene rings is 2. The third-order valence-corrected chi connectivity index (χ3v) is 4.97. The van der Waals surface area contributed by atoms with Gasteiger partial charge in [-0.3, -0.25) is 0 Å². The van der Waals surface area contributed by atoms with Crippen LogP contribution >= 0.6 is 11.6 Å². The highest BCUT2D eigenvalue weighted by atomic mass is 35.5. The van der Waals surface area contributed by atoms with E-state index in [-0.39, 0.29) is 0 Å². The molecule has 0 spiro atoms. The summed E-state index contributed by atoms with van der Waals surface area (Å²) in [6.45, 7) is 2.44. The molecule has 7 nitrogen and oxygen atoms in total. The topological polar surface area (TPSA) is 73.5 Å². The number of aryl methyl sites for hydroxylation is 1. The maximum absolute atomic E-state index is 6.01. The molecule has 3 heterocycles. The monoisotopic (exact) mass is 415 g/mol. The first kappa shape index (κ1) is 18.3. The zero-order valence-corrected chi connectivity index (χ0v) is 17.0. The predicted octanol–water partition coefficient (Wildman–Crippen LogP) is 4.58. The van der Waals surface area contributed by atoms with E-state index < -0.39 is 0 Å². The molecule has 0 fully saturated rings. The lowest BCUT2D eigenvalue weighted by atomic mass is 10.2. The molecule has 0 amide bonds. The van der Waals surface area contributed by atoms with E-state index in [0.717, 1.165) is 39.4 Å². The van der Waals surface area contributed by atoms with E-state index >= 15 is 0 Å². The Morgan fingerprint density at radius 1 is 1.00 bits per heavy atom. The summed E-state index contributed by atoms with van der Waals surface area (Å²) in [6, 6.07) is 19.9. The van der Waals surface area contributed by atoms with E-state index in [0.29, 0.717) is 11.7 Å². The molecule has 0 aliphatic heterocycles. The first-order valence-corrected chi connectivity index (χ1v) is 9.86. The molecule has 3 aromatic heterocycles. The second-order valence-electron chi connectivity index (χ2n) is 6.96. The Balaban J connectivity index is 1.32. The molecule has 0 unspecified atom stereocenters. The largest absolute Gasteiger partial charge is 0.379 e. The minimum Gasteiger partial charge on any atom is -0.379 e. The number of nitrogens with zero attached hydrogens (tertiary/aromatic N) is 6. The van der Waals surface area contributed by atoms with Crippen molar-refractivity contribution < 1.29 is 0 Å². The van der Waals surface area contributed by atoms with Crippen LogP contribution in [0, 0.1) is 6.92 Å². The number of fused-ring (bicyclic) bond motifs is 1. The highest BCUT2D eigenvalue weighted by Crippen LogP contribution is 2.19. The summed E-state index contributed by atoms with van der Waals surface area (Å²) in [6.07, 6.45) is 3.78. The molecule has 1 N–H and O–H groups in total.